The topological polar surface area (TPSA) is 21.8 Å². The molecule has 1 saturated heterocycles. The predicted octanol–water partition coefficient (Wildman–Crippen LogP) is 2.47. The smallest absolute Gasteiger partial charge is 0.104 e. The van der Waals surface area contributed by atoms with Crippen molar-refractivity contribution in [3.63, 3.8) is 0 Å². The Bertz CT molecular complexity index is 305. The van der Waals surface area contributed by atoms with Crippen LogP contribution in [0, 0.1) is 6.92 Å². The van der Waals surface area contributed by atoms with Crippen LogP contribution in [-0.2, 0) is 9.47 Å². The summed E-state index contributed by atoms with van der Waals surface area (Å²) in [5, 5.41) is 0. The van der Waals surface area contributed by atoms with Gasteiger partial charge in [0.25, 0.3) is 0 Å². The molecule has 0 unspecified atom stereocenters. The number of hydrogen-bond acceptors (Lipinski definition) is 2. The van der Waals surface area contributed by atoms with Crippen LogP contribution in [0.15, 0.2) is 24.3 Å². The van der Waals surface area contributed by atoms with E-state index in [1.54, 1.807) is 0 Å². The summed E-state index contributed by atoms with van der Waals surface area (Å²) < 4.78 is 10.8. The molecule has 1 fully saturated rings. The lowest BCUT2D eigenvalue weighted by molar-refractivity contribution is 0.0536. The number of benzene rings is 1. The van der Waals surface area contributed by atoms with Crippen molar-refractivity contribution >= 4 is 0 Å². The first-order chi connectivity index (χ1) is 6.77. The minimum absolute atomic E-state index is 0.167. The molecule has 0 bridgehead atoms. The molecule has 76 valence electrons. The van der Waals surface area contributed by atoms with Crippen LogP contribution < -0.4 is 0 Å². The molecule has 0 spiro atoms. The molecule has 1 aliphatic heterocycles. The zero-order chi connectivity index (χ0) is 9.97. The van der Waals surface area contributed by atoms with Crippen molar-refractivity contribution in [3.8, 4) is 0 Å². The SMILES string of the molecule is Cc1ccccc1[C@H](C)OC[C@H]1CO1. The maximum atomic E-state index is 5.71. The zero-order valence-corrected chi connectivity index (χ0v) is 8.69. The Hall–Kier alpha value is -0.860. The number of aryl methyl sites for hydroxylation is 1. The van der Waals surface area contributed by atoms with Gasteiger partial charge in [0.05, 0.1) is 19.3 Å². The van der Waals surface area contributed by atoms with Crippen molar-refractivity contribution in [2.24, 2.45) is 0 Å². The Morgan fingerprint density at radius 3 is 2.86 bits per heavy atom. The number of rotatable bonds is 4. The molecule has 1 aliphatic rings. The average molecular weight is 192 g/mol. The quantitative estimate of drug-likeness (QED) is 0.683. The zero-order valence-electron chi connectivity index (χ0n) is 8.69. The lowest BCUT2D eigenvalue weighted by atomic mass is 10.0. The van der Waals surface area contributed by atoms with Crippen LogP contribution in [0.1, 0.15) is 24.2 Å². The van der Waals surface area contributed by atoms with E-state index in [0.717, 1.165) is 13.2 Å². The minimum atomic E-state index is 0.167. The maximum absolute atomic E-state index is 5.71. The third kappa shape index (κ3) is 2.34. The van der Waals surface area contributed by atoms with Crippen LogP contribution in [0.25, 0.3) is 0 Å². The highest BCUT2D eigenvalue weighted by molar-refractivity contribution is 5.27. The summed E-state index contributed by atoms with van der Waals surface area (Å²) in [4.78, 5) is 0. The molecule has 2 atom stereocenters. The molecule has 2 nitrogen and oxygen atoms in total. The molecule has 2 rings (SSSR count). The third-order valence-electron chi connectivity index (χ3n) is 2.56. The second-order valence-electron chi connectivity index (χ2n) is 3.79. The number of hydrogen-bond donors (Lipinski definition) is 0. The maximum Gasteiger partial charge on any atom is 0.104 e. The molecule has 0 N–H and O–H groups in total. The predicted molar refractivity (Wildman–Crippen MR) is 55.3 cm³/mol. The Balaban J connectivity index is 1.95. The highest BCUT2D eigenvalue weighted by Gasteiger charge is 2.23. The van der Waals surface area contributed by atoms with Gasteiger partial charge in [0.15, 0.2) is 0 Å². The van der Waals surface area contributed by atoms with Crippen molar-refractivity contribution in [1.29, 1.82) is 0 Å². The molecule has 1 aromatic rings. The van der Waals surface area contributed by atoms with Crippen LogP contribution in [0.5, 0.6) is 0 Å². The van der Waals surface area contributed by atoms with E-state index in [4.69, 9.17) is 9.47 Å². The minimum Gasteiger partial charge on any atom is -0.371 e. The van der Waals surface area contributed by atoms with Gasteiger partial charge in [-0.25, -0.2) is 0 Å². The molecule has 1 heterocycles. The van der Waals surface area contributed by atoms with Crippen LogP contribution in [0.2, 0.25) is 0 Å². The van der Waals surface area contributed by atoms with E-state index in [2.05, 4.69) is 38.1 Å². The van der Waals surface area contributed by atoms with Crippen LogP contribution in [0.3, 0.4) is 0 Å². The summed E-state index contributed by atoms with van der Waals surface area (Å²) in [5.74, 6) is 0. The molecule has 2 heteroatoms. The molecule has 0 amide bonds. The van der Waals surface area contributed by atoms with Crippen molar-refractivity contribution in [2.45, 2.75) is 26.1 Å². The van der Waals surface area contributed by atoms with E-state index in [1.165, 1.54) is 11.1 Å². The first-order valence-corrected chi connectivity index (χ1v) is 5.06. The fraction of sp³-hybridized carbons (Fsp3) is 0.500. The summed E-state index contributed by atoms with van der Waals surface area (Å²) in [6, 6.07) is 8.34. The van der Waals surface area contributed by atoms with Crippen molar-refractivity contribution in [1.82, 2.24) is 0 Å². The monoisotopic (exact) mass is 192 g/mol. The number of ether oxygens (including phenoxy) is 2. The first-order valence-electron chi connectivity index (χ1n) is 5.06. The molecule has 1 aromatic carbocycles. The third-order valence-corrected chi connectivity index (χ3v) is 2.56. The molecule has 0 radical (unpaired) electrons. The van der Waals surface area contributed by atoms with Gasteiger partial charge in [0.1, 0.15) is 6.10 Å². The van der Waals surface area contributed by atoms with Gasteiger partial charge in [-0.05, 0) is 25.0 Å². The largest absolute Gasteiger partial charge is 0.371 e. The van der Waals surface area contributed by atoms with Gasteiger partial charge in [-0.3, -0.25) is 0 Å². The Morgan fingerprint density at radius 2 is 2.21 bits per heavy atom. The fourth-order valence-corrected chi connectivity index (χ4v) is 1.55. The summed E-state index contributed by atoms with van der Waals surface area (Å²) >= 11 is 0. The average Bonchev–Trinajstić information content (AvgIpc) is 2.98. The highest BCUT2D eigenvalue weighted by atomic mass is 16.6. The van der Waals surface area contributed by atoms with E-state index in [-0.39, 0.29) is 6.10 Å². The van der Waals surface area contributed by atoms with Crippen LogP contribution >= 0.6 is 0 Å². The lowest BCUT2D eigenvalue weighted by Gasteiger charge is -2.14. The summed E-state index contributed by atoms with van der Waals surface area (Å²) in [6.45, 7) is 5.78. The second-order valence-corrected chi connectivity index (χ2v) is 3.79. The summed E-state index contributed by atoms with van der Waals surface area (Å²) in [6.07, 6.45) is 0.516. The van der Waals surface area contributed by atoms with Gasteiger partial charge in [0, 0.05) is 0 Å². The summed E-state index contributed by atoms with van der Waals surface area (Å²) in [5.41, 5.74) is 2.56. The second kappa shape index (κ2) is 4.11. The van der Waals surface area contributed by atoms with Gasteiger partial charge >= 0.3 is 0 Å². The normalized spacial score (nSPS) is 22.0. The van der Waals surface area contributed by atoms with Crippen LogP contribution in [-0.4, -0.2) is 19.3 Å². The Morgan fingerprint density at radius 1 is 1.50 bits per heavy atom. The Labute approximate surface area is 84.8 Å². The Kier molecular flexibility index (Phi) is 2.85. The van der Waals surface area contributed by atoms with E-state index in [1.807, 2.05) is 0 Å². The summed E-state index contributed by atoms with van der Waals surface area (Å²) in [7, 11) is 0. The number of epoxide rings is 1. The highest BCUT2D eigenvalue weighted by Crippen LogP contribution is 2.22. The van der Waals surface area contributed by atoms with Gasteiger partial charge in [-0.15, -0.1) is 0 Å². The molecule has 14 heavy (non-hydrogen) atoms. The van der Waals surface area contributed by atoms with Crippen molar-refractivity contribution in [2.75, 3.05) is 13.2 Å². The van der Waals surface area contributed by atoms with E-state index >= 15 is 0 Å². The van der Waals surface area contributed by atoms with Crippen LogP contribution in [0.4, 0.5) is 0 Å². The van der Waals surface area contributed by atoms with Crippen molar-refractivity contribution < 1.29 is 9.47 Å². The van der Waals surface area contributed by atoms with E-state index in [0.29, 0.717) is 6.10 Å². The van der Waals surface area contributed by atoms with Gasteiger partial charge in [0.2, 0.25) is 0 Å². The molecule has 0 saturated carbocycles. The standard InChI is InChI=1S/C12H16O2/c1-9-5-3-4-6-12(9)10(2)13-7-11-8-14-11/h3-6,10-11H,7-8H2,1-2H3/t10-,11-/m0/s1. The van der Waals surface area contributed by atoms with Gasteiger partial charge < -0.3 is 9.47 Å². The molecule has 0 aliphatic carbocycles. The fourth-order valence-electron chi connectivity index (χ4n) is 1.55. The van der Waals surface area contributed by atoms with E-state index < -0.39 is 0 Å². The molecular formula is C12H16O2. The van der Waals surface area contributed by atoms with Gasteiger partial charge in [-0.1, -0.05) is 24.3 Å². The molecule has 0 aromatic heterocycles. The molecular weight excluding hydrogens is 176 g/mol. The lowest BCUT2D eigenvalue weighted by Crippen LogP contribution is -2.07. The van der Waals surface area contributed by atoms with Gasteiger partial charge in [-0.2, -0.15) is 0 Å². The van der Waals surface area contributed by atoms with E-state index in [9.17, 15) is 0 Å². The van der Waals surface area contributed by atoms with Crippen molar-refractivity contribution in [3.05, 3.63) is 35.4 Å². The first kappa shape index (κ1) is 9.69.